The molecule has 0 bridgehead atoms. The van der Waals surface area contributed by atoms with Gasteiger partial charge in [0.1, 0.15) is 23.4 Å². The molecule has 1 heterocycles. The maximum Gasteiger partial charge on any atom is 0.407 e. The number of methoxy groups -OCH3 is 2. The van der Waals surface area contributed by atoms with E-state index >= 15 is 0 Å². The van der Waals surface area contributed by atoms with Crippen LogP contribution >= 0.6 is 0 Å². The second kappa shape index (κ2) is 15.7. The van der Waals surface area contributed by atoms with Gasteiger partial charge >= 0.3 is 6.09 Å². The summed E-state index contributed by atoms with van der Waals surface area (Å²) >= 11 is 0. The van der Waals surface area contributed by atoms with E-state index in [1.165, 1.54) is 23.0 Å². The fraction of sp³-hybridized carbons (Fsp3) is 0.650. The van der Waals surface area contributed by atoms with Crippen molar-refractivity contribution in [2.24, 2.45) is 17.3 Å². The van der Waals surface area contributed by atoms with Gasteiger partial charge < -0.3 is 29.7 Å². The molecular weight excluding hydrogens is 713 g/mol. The number of carbonyl (C=O) groups excluding carboxylic acids is 4. The molecule has 3 aliphatic carbocycles. The summed E-state index contributed by atoms with van der Waals surface area (Å²) in [6, 6.07) is 8.57. The monoisotopic (exact) mass is 768 g/mol. The van der Waals surface area contributed by atoms with Crippen LogP contribution in [-0.2, 0) is 40.3 Å². The highest BCUT2D eigenvalue weighted by Gasteiger charge is 2.67. The quantitative estimate of drug-likeness (QED) is 0.208. The SMILES string of the molecule is COc1cc2ccc(C)cc2cc1CCCCCOC(=O)N[C@H](C(=O)N1C[C@@H](OC)C[C@H]1C(=O)N[C@]1(C(=O)NS(=O)(=O)C2CC2)C[C@@H]1C1CC1)C(C)(C)C. The van der Waals surface area contributed by atoms with Crippen LogP contribution < -0.4 is 20.1 Å². The van der Waals surface area contributed by atoms with Crippen molar-refractivity contribution in [3.63, 3.8) is 0 Å². The number of ether oxygens (including phenoxy) is 3. The van der Waals surface area contributed by atoms with Crippen LogP contribution in [0.4, 0.5) is 4.79 Å². The number of sulfonamides is 1. The summed E-state index contributed by atoms with van der Waals surface area (Å²) in [7, 11) is -0.633. The zero-order valence-corrected chi connectivity index (χ0v) is 33.2. The molecule has 296 valence electrons. The highest BCUT2D eigenvalue weighted by Crippen LogP contribution is 2.57. The molecule has 4 amide bonds. The van der Waals surface area contributed by atoms with Crippen LogP contribution in [0.25, 0.3) is 10.8 Å². The molecule has 0 aromatic heterocycles. The van der Waals surface area contributed by atoms with Crippen molar-refractivity contribution in [1.82, 2.24) is 20.3 Å². The fourth-order valence-electron chi connectivity index (χ4n) is 7.82. The third-order valence-electron chi connectivity index (χ3n) is 11.4. The zero-order valence-electron chi connectivity index (χ0n) is 32.4. The Balaban J connectivity index is 1.04. The van der Waals surface area contributed by atoms with Gasteiger partial charge in [-0.3, -0.25) is 19.1 Å². The highest BCUT2D eigenvalue weighted by molar-refractivity contribution is 7.91. The summed E-state index contributed by atoms with van der Waals surface area (Å²) in [6.45, 7) is 7.82. The number of alkyl carbamates (subject to hydrolysis) is 1. The Morgan fingerprint density at radius 1 is 0.981 bits per heavy atom. The van der Waals surface area contributed by atoms with E-state index in [1.54, 1.807) is 7.11 Å². The van der Waals surface area contributed by atoms with Crippen molar-refractivity contribution in [2.45, 2.75) is 121 Å². The predicted molar refractivity (Wildman–Crippen MR) is 203 cm³/mol. The molecule has 0 unspecified atom stereocenters. The van der Waals surface area contributed by atoms with Gasteiger partial charge in [0.2, 0.25) is 21.8 Å². The number of likely N-dealkylation sites (tertiary alicyclic amines) is 1. The Hall–Kier alpha value is -3.91. The summed E-state index contributed by atoms with van der Waals surface area (Å²) in [5.41, 5.74) is 0.242. The van der Waals surface area contributed by atoms with E-state index < -0.39 is 68.2 Å². The molecule has 1 saturated heterocycles. The number of carbonyl (C=O) groups is 4. The molecule has 3 saturated carbocycles. The molecule has 3 N–H and O–H groups in total. The molecular formula is C40H56N4O9S. The lowest BCUT2D eigenvalue weighted by Gasteiger charge is -2.35. The number of benzene rings is 2. The normalized spacial score (nSPS) is 24.5. The topological polar surface area (TPSA) is 169 Å². The van der Waals surface area contributed by atoms with Gasteiger partial charge in [-0.05, 0) is 110 Å². The summed E-state index contributed by atoms with van der Waals surface area (Å²) in [5.74, 6) is -0.789. The van der Waals surface area contributed by atoms with Crippen molar-refractivity contribution in [2.75, 3.05) is 27.4 Å². The fourth-order valence-corrected chi connectivity index (χ4v) is 9.19. The van der Waals surface area contributed by atoms with Crippen LogP contribution in [0.2, 0.25) is 0 Å². The Kier molecular flexibility index (Phi) is 11.5. The summed E-state index contributed by atoms with van der Waals surface area (Å²) in [4.78, 5) is 56.2. The minimum absolute atomic E-state index is 0.111. The summed E-state index contributed by atoms with van der Waals surface area (Å²) in [6.07, 6.45) is 5.35. The lowest BCUT2D eigenvalue weighted by molar-refractivity contribution is -0.143. The molecule has 0 radical (unpaired) electrons. The Morgan fingerprint density at radius 2 is 1.72 bits per heavy atom. The molecule has 0 spiro atoms. The second-order valence-corrected chi connectivity index (χ2v) is 18.7. The standard InChI is InChI=1S/C40H56N4O9S/c1-24-11-12-26-20-33(52-6)27(19-28(26)18-24)10-8-7-9-17-53-38(48)41-34(39(2,3)4)36(46)44-23-29(51-5)21-32(44)35(45)42-40(22-31(40)25-13-14-25)37(47)43-54(49,50)30-15-16-30/h11-12,18-20,25,29-32,34H,7-10,13-17,21-23H2,1-6H3,(H,41,48)(H,42,45)(H,43,47)/t29-,31+,32-,34+,40+/m0/s1. The molecule has 4 aliphatic rings. The van der Waals surface area contributed by atoms with Crippen LogP contribution in [0.15, 0.2) is 30.3 Å². The first-order chi connectivity index (χ1) is 25.6. The number of rotatable bonds is 16. The first-order valence-electron chi connectivity index (χ1n) is 19.3. The zero-order chi connectivity index (χ0) is 39.0. The van der Waals surface area contributed by atoms with Gasteiger partial charge in [-0.15, -0.1) is 0 Å². The molecule has 4 fully saturated rings. The van der Waals surface area contributed by atoms with Gasteiger partial charge in [0, 0.05) is 20.1 Å². The molecule has 14 heteroatoms. The van der Waals surface area contributed by atoms with E-state index in [9.17, 15) is 27.6 Å². The molecule has 2 aromatic carbocycles. The van der Waals surface area contributed by atoms with Gasteiger partial charge in [0.05, 0.1) is 25.1 Å². The molecule has 5 atom stereocenters. The highest BCUT2D eigenvalue weighted by atomic mass is 32.2. The number of amides is 4. The van der Waals surface area contributed by atoms with Gasteiger partial charge in [0.15, 0.2) is 0 Å². The molecule has 6 rings (SSSR count). The van der Waals surface area contributed by atoms with E-state index in [-0.39, 0.29) is 31.4 Å². The number of nitrogens with one attached hydrogen (secondary N) is 3. The van der Waals surface area contributed by atoms with Crippen molar-refractivity contribution in [1.29, 1.82) is 0 Å². The van der Waals surface area contributed by atoms with E-state index in [0.717, 1.165) is 48.8 Å². The molecule has 54 heavy (non-hydrogen) atoms. The third-order valence-corrected chi connectivity index (χ3v) is 13.2. The number of aryl methyl sites for hydroxylation is 2. The van der Waals surface area contributed by atoms with Gasteiger partial charge in [-0.1, -0.05) is 44.5 Å². The largest absolute Gasteiger partial charge is 0.496 e. The number of fused-ring (bicyclic) bond motifs is 1. The van der Waals surface area contributed by atoms with Crippen LogP contribution in [0, 0.1) is 24.2 Å². The number of hydrogen-bond acceptors (Lipinski definition) is 9. The number of hydrogen-bond donors (Lipinski definition) is 3. The summed E-state index contributed by atoms with van der Waals surface area (Å²) < 4.78 is 44.3. The number of unbranched alkanes of at least 4 members (excludes halogenated alkanes) is 2. The predicted octanol–water partition coefficient (Wildman–Crippen LogP) is 4.52. The van der Waals surface area contributed by atoms with Crippen molar-refractivity contribution in [3.8, 4) is 5.75 Å². The third kappa shape index (κ3) is 8.96. The first-order valence-corrected chi connectivity index (χ1v) is 20.8. The van der Waals surface area contributed by atoms with Crippen LogP contribution in [-0.4, -0.2) is 93.5 Å². The minimum Gasteiger partial charge on any atom is -0.496 e. The van der Waals surface area contributed by atoms with Crippen LogP contribution in [0.5, 0.6) is 5.75 Å². The Morgan fingerprint density at radius 3 is 2.37 bits per heavy atom. The summed E-state index contributed by atoms with van der Waals surface area (Å²) in [5, 5.41) is 7.38. The van der Waals surface area contributed by atoms with Crippen LogP contribution in [0.1, 0.15) is 89.7 Å². The average molecular weight is 769 g/mol. The van der Waals surface area contributed by atoms with E-state index in [4.69, 9.17) is 14.2 Å². The van der Waals surface area contributed by atoms with Gasteiger partial charge in [0.25, 0.3) is 5.91 Å². The van der Waals surface area contributed by atoms with Crippen molar-refractivity contribution >= 4 is 44.6 Å². The first kappa shape index (κ1) is 39.8. The van der Waals surface area contributed by atoms with Crippen molar-refractivity contribution in [3.05, 3.63) is 41.5 Å². The average Bonchev–Trinajstić information content (AvgIpc) is 3.99. The maximum absolute atomic E-state index is 14.2. The molecule has 2 aromatic rings. The van der Waals surface area contributed by atoms with Gasteiger partial charge in [-0.2, -0.15) is 0 Å². The molecule has 13 nitrogen and oxygen atoms in total. The lowest BCUT2D eigenvalue weighted by atomic mass is 9.85. The smallest absolute Gasteiger partial charge is 0.407 e. The Labute approximate surface area is 318 Å². The number of nitrogens with zero attached hydrogens (tertiary/aromatic N) is 1. The van der Waals surface area contributed by atoms with Crippen molar-refractivity contribution < 1.29 is 41.8 Å². The maximum atomic E-state index is 14.2. The van der Waals surface area contributed by atoms with Crippen LogP contribution in [0.3, 0.4) is 0 Å². The van der Waals surface area contributed by atoms with E-state index in [1.807, 2.05) is 20.8 Å². The lowest BCUT2D eigenvalue weighted by Crippen LogP contribution is -2.60. The Bertz CT molecular complexity index is 1870. The second-order valence-electron chi connectivity index (χ2n) is 16.8. The van der Waals surface area contributed by atoms with E-state index in [0.29, 0.717) is 25.7 Å². The minimum atomic E-state index is -3.82. The molecule has 1 aliphatic heterocycles. The van der Waals surface area contributed by atoms with E-state index in [2.05, 4.69) is 52.6 Å². The van der Waals surface area contributed by atoms with Gasteiger partial charge in [-0.25, -0.2) is 13.2 Å².